The Balaban J connectivity index is 1.45. The molecule has 0 aliphatic rings. The first-order valence-electron chi connectivity index (χ1n) is 9.46. The summed E-state index contributed by atoms with van der Waals surface area (Å²) in [5.41, 5.74) is 4.25. The van der Waals surface area contributed by atoms with Crippen LogP contribution in [0.1, 0.15) is 0 Å². The Labute approximate surface area is 164 Å². The number of anilines is 4. The van der Waals surface area contributed by atoms with Crippen LogP contribution in [0.25, 0.3) is 21.5 Å². The summed E-state index contributed by atoms with van der Waals surface area (Å²) in [7, 11) is 0. The zero-order valence-electron chi connectivity index (χ0n) is 15.4. The van der Waals surface area contributed by atoms with Gasteiger partial charge in [0.15, 0.2) is 0 Å². The first-order valence-corrected chi connectivity index (χ1v) is 9.46. The fraction of sp³-hybridized carbons (Fsp3) is 0. The highest BCUT2D eigenvalue weighted by Crippen LogP contribution is 2.30. The lowest BCUT2D eigenvalue weighted by atomic mass is 10.1. The second kappa shape index (κ2) is 7.09. The minimum atomic E-state index is 1.05. The summed E-state index contributed by atoms with van der Waals surface area (Å²) in [6, 6.07) is 38.0. The molecule has 0 radical (unpaired) electrons. The molecule has 134 valence electrons. The standard InChI is InChI=1S/C26H20N2/c1-3-9-21-17-23(15-13-19(21)7-1)27-25-11-5-6-12-26(25)28-24-16-14-20-8-2-4-10-22(20)18-24/h1-18,27-28H. The summed E-state index contributed by atoms with van der Waals surface area (Å²) in [4.78, 5) is 0. The van der Waals surface area contributed by atoms with E-state index in [0.29, 0.717) is 0 Å². The lowest BCUT2D eigenvalue weighted by Gasteiger charge is -2.15. The summed E-state index contributed by atoms with van der Waals surface area (Å²) in [6.07, 6.45) is 0. The van der Waals surface area contributed by atoms with Crippen LogP contribution in [-0.4, -0.2) is 0 Å². The van der Waals surface area contributed by atoms with Crippen molar-refractivity contribution in [3.63, 3.8) is 0 Å². The Bertz CT molecular complexity index is 1170. The van der Waals surface area contributed by atoms with Gasteiger partial charge in [-0.25, -0.2) is 0 Å². The van der Waals surface area contributed by atoms with Gasteiger partial charge in [0.2, 0.25) is 0 Å². The molecule has 0 saturated carbocycles. The van der Waals surface area contributed by atoms with Crippen LogP contribution in [0.5, 0.6) is 0 Å². The van der Waals surface area contributed by atoms with Crippen molar-refractivity contribution in [1.82, 2.24) is 0 Å². The Morgan fingerprint density at radius 2 is 0.750 bits per heavy atom. The maximum absolute atomic E-state index is 3.56. The predicted molar refractivity (Wildman–Crippen MR) is 121 cm³/mol. The van der Waals surface area contributed by atoms with Gasteiger partial charge >= 0.3 is 0 Å². The van der Waals surface area contributed by atoms with Crippen LogP contribution in [0, 0.1) is 0 Å². The smallest absolute Gasteiger partial charge is 0.0623 e. The molecule has 0 saturated heterocycles. The molecule has 0 spiro atoms. The van der Waals surface area contributed by atoms with Crippen LogP contribution >= 0.6 is 0 Å². The molecular weight excluding hydrogens is 340 g/mol. The van der Waals surface area contributed by atoms with Crippen LogP contribution in [0.15, 0.2) is 109 Å². The van der Waals surface area contributed by atoms with Gasteiger partial charge in [-0.1, -0.05) is 72.8 Å². The molecule has 5 rings (SSSR count). The highest BCUT2D eigenvalue weighted by molar-refractivity contribution is 5.89. The normalized spacial score (nSPS) is 10.9. The van der Waals surface area contributed by atoms with Crippen LogP contribution in [-0.2, 0) is 0 Å². The molecule has 0 aliphatic carbocycles. The van der Waals surface area contributed by atoms with Crippen molar-refractivity contribution >= 4 is 44.3 Å². The highest BCUT2D eigenvalue weighted by Gasteiger charge is 2.04. The molecule has 2 heteroatoms. The lowest BCUT2D eigenvalue weighted by molar-refractivity contribution is 1.52. The van der Waals surface area contributed by atoms with Crippen molar-refractivity contribution in [2.24, 2.45) is 0 Å². The number of para-hydroxylation sites is 2. The topological polar surface area (TPSA) is 24.1 Å². The molecule has 0 bridgehead atoms. The minimum absolute atomic E-state index is 1.05. The van der Waals surface area contributed by atoms with Crippen molar-refractivity contribution in [2.45, 2.75) is 0 Å². The zero-order chi connectivity index (χ0) is 18.8. The van der Waals surface area contributed by atoms with E-state index in [1.165, 1.54) is 21.5 Å². The first-order chi connectivity index (χ1) is 13.8. The Hall–Kier alpha value is -3.78. The fourth-order valence-electron chi connectivity index (χ4n) is 3.55. The van der Waals surface area contributed by atoms with E-state index in [0.717, 1.165) is 22.7 Å². The van der Waals surface area contributed by atoms with E-state index in [1.54, 1.807) is 0 Å². The molecule has 2 N–H and O–H groups in total. The summed E-state index contributed by atoms with van der Waals surface area (Å²) in [5, 5.41) is 12.1. The van der Waals surface area contributed by atoms with Crippen LogP contribution < -0.4 is 10.6 Å². The van der Waals surface area contributed by atoms with Gasteiger partial charge in [0.25, 0.3) is 0 Å². The molecule has 0 heterocycles. The molecule has 0 unspecified atom stereocenters. The van der Waals surface area contributed by atoms with E-state index in [2.05, 4.69) is 120 Å². The van der Waals surface area contributed by atoms with Crippen molar-refractivity contribution < 1.29 is 0 Å². The summed E-state index contributed by atoms with van der Waals surface area (Å²) < 4.78 is 0. The molecular formula is C26H20N2. The van der Waals surface area contributed by atoms with E-state index < -0.39 is 0 Å². The molecule has 0 atom stereocenters. The van der Waals surface area contributed by atoms with E-state index in [-0.39, 0.29) is 0 Å². The SMILES string of the molecule is c1ccc(Nc2ccc3ccccc3c2)c(Nc2ccc3ccccc3c2)c1. The molecule has 5 aromatic carbocycles. The Kier molecular flexibility index (Phi) is 4.15. The van der Waals surface area contributed by atoms with Gasteiger partial charge < -0.3 is 10.6 Å². The van der Waals surface area contributed by atoms with Gasteiger partial charge in [-0.3, -0.25) is 0 Å². The van der Waals surface area contributed by atoms with Gasteiger partial charge in [0.1, 0.15) is 0 Å². The van der Waals surface area contributed by atoms with Gasteiger partial charge in [0.05, 0.1) is 11.4 Å². The molecule has 0 fully saturated rings. The van der Waals surface area contributed by atoms with Crippen LogP contribution in [0.2, 0.25) is 0 Å². The predicted octanol–water partition coefficient (Wildman–Crippen LogP) is 7.48. The average Bonchev–Trinajstić information content (AvgIpc) is 2.75. The third-order valence-corrected chi connectivity index (χ3v) is 4.98. The van der Waals surface area contributed by atoms with Crippen molar-refractivity contribution in [1.29, 1.82) is 0 Å². The molecule has 0 amide bonds. The van der Waals surface area contributed by atoms with Crippen molar-refractivity contribution in [2.75, 3.05) is 10.6 Å². The quantitative estimate of drug-likeness (QED) is 0.347. The van der Waals surface area contributed by atoms with E-state index in [1.807, 2.05) is 0 Å². The maximum Gasteiger partial charge on any atom is 0.0623 e. The van der Waals surface area contributed by atoms with Crippen LogP contribution in [0.4, 0.5) is 22.7 Å². The van der Waals surface area contributed by atoms with Crippen LogP contribution in [0.3, 0.4) is 0 Å². The Morgan fingerprint density at radius 3 is 1.21 bits per heavy atom. The number of fused-ring (bicyclic) bond motifs is 2. The number of benzene rings is 5. The number of nitrogens with one attached hydrogen (secondary N) is 2. The van der Waals surface area contributed by atoms with Crippen molar-refractivity contribution in [3.05, 3.63) is 109 Å². The molecule has 0 aromatic heterocycles. The molecule has 5 aromatic rings. The van der Waals surface area contributed by atoms with E-state index in [9.17, 15) is 0 Å². The highest BCUT2D eigenvalue weighted by atomic mass is 15.0. The van der Waals surface area contributed by atoms with Gasteiger partial charge in [-0.15, -0.1) is 0 Å². The van der Waals surface area contributed by atoms with Crippen molar-refractivity contribution in [3.8, 4) is 0 Å². The third-order valence-electron chi connectivity index (χ3n) is 4.98. The number of hydrogen-bond donors (Lipinski definition) is 2. The zero-order valence-corrected chi connectivity index (χ0v) is 15.4. The monoisotopic (exact) mass is 360 g/mol. The number of hydrogen-bond acceptors (Lipinski definition) is 2. The minimum Gasteiger partial charge on any atom is -0.354 e. The largest absolute Gasteiger partial charge is 0.354 e. The van der Waals surface area contributed by atoms with Gasteiger partial charge in [-0.2, -0.15) is 0 Å². The molecule has 28 heavy (non-hydrogen) atoms. The molecule has 0 aliphatic heterocycles. The number of rotatable bonds is 4. The van der Waals surface area contributed by atoms with Gasteiger partial charge in [0, 0.05) is 11.4 Å². The summed E-state index contributed by atoms with van der Waals surface area (Å²) in [5.74, 6) is 0. The average molecular weight is 360 g/mol. The van der Waals surface area contributed by atoms with Gasteiger partial charge in [-0.05, 0) is 57.9 Å². The van der Waals surface area contributed by atoms with E-state index in [4.69, 9.17) is 0 Å². The fourth-order valence-corrected chi connectivity index (χ4v) is 3.55. The second-order valence-corrected chi connectivity index (χ2v) is 6.92. The first kappa shape index (κ1) is 16.4. The molecule has 2 nitrogen and oxygen atoms in total. The maximum atomic E-state index is 3.56. The van der Waals surface area contributed by atoms with E-state index >= 15 is 0 Å². The summed E-state index contributed by atoms with van der Waals surface area (Å²) in [6.45, 7) is 0. The Morgan fingerprint density at radius 1 is 0.357 bits per heavy atom. The lowest BCUT2D eigenvalue weighted by Crippen LogP contribution is -1.97. The summed E-state index contributed by atoms with van der Waals surface area (Å²) >= 11 is 0. The second-order valence-electron chi connectivity index (χ2n) is 6.92. The third kappa shape index (κ3) is 3.28.